The van der Waals surface area contributed by atoms with E-state index < -0.39 is 17.3 Å². The second-order valence-corrected chi connectivity index (χ2v) is 4.83. The first-order chi connectivity index (χ1) is 9.57. The summed E-state index contributed by atoms with van der Waals surface area (Å²) in [6.45, 7) is 3.21. The predicted octanol–water partition coefficient (Wildman–Crippen LogP) is 1.43. The molecule has 0 radical (unpaired) electrons. The second kappa shape index (κ2) is 5.30. The average molecular weight is 274 g/mol. The molecule has 104 valence electrons. The molecule has 1 heterocycles. The van der Waals surface area contributed by atoms with E-state index in [9.17, 15) is 4.79 Å². The maximum Gasteiger partial charge on any atom is 0.323 e. The van der Waals surface area contributed by atoms with Gasteiger partial charge in [0.1, 0.15) is 0 Å². The van der Waals surface area contributed by atoms with Crippen LogP contribution in [0, 0.1) is 28.6 Å². The van der Waals surface area contributed by atoms with Gasteiger partial charge in [-0.25, -0.2) is 0 Å². The van der Waals surface area contributed by atoms with Crippen molar-refractivity contribution in [3.63, 3.8) is 0 Å². The Labute approximate surface area is 116 Å². The Morgan fingerprint density at radius 1 is 1.50 bits per heavy atom. The van der Waals surface area contributed by atoms with Crippen LogP contribution in [-0.4, -0.2) is 22.8 Å². The van der Waals surface area contributed by atoms with Gasteiger partial charge in [-0.2, -0.15) is 10.5 Å². The van der Waals surface area contributed by atoms with Crippen molar-refractivity contribution in [2.75, 3.05) is 6.61 Å². The number of carbonyl (C=O) groups is 1. The molecule has 0 N–H and O–H groups in total. The fourth-order valence-electron chi connectivity index (χ4n) is 1.84. The molecule has 1 aromatic rings. The summed E-state index contributed by atoms with van der Waals surface area (Å²) in [4.78, 5) is 12.2. The van der Waals surface area contributed by atoms with Gasteiger partial charge in [-0.05, 0) is 26.7 Å². The van der Waals surface area contributed by atoms with Crippen molar-refractivity contribution in [2.45, 2.75) is 38.0 Å². The molecule has 1 aliphatic rings. The van der Waals surface area contributed by atoms with E-state index in [1.807, 2.05) is 0 Å². The monoisotopic (exact) mass is 274 g/mol. The van der Waals surface area contributed by atoms with Gasteiger partial charge in [0, 0.05) is 5.92 Å². The molecule has 1 saturated carbocycles. The second-order valence-electron chi connectivity index (χ2n) is 4.83. The third-order valence-corrected chi connectivity index (χ3v) is 3.35. The molecule has 0 aliphatic heterocycles. The van der Waals surface area contributed by atoms with Crippen molar-refractivity contribution in [1.82, 2.24) is 10.2 Å². The molecule has 0 aromatic carbocycles. The zero-order valence-electron chi connectivity index (χ0n) is 11.3. The molecular formula is C13H14N4O3. The van der Waals surface area contributed by atoms with Crippen LogP contribution in [0.25, 0.3) is 0 Å². The Bertz CT molecular complexity index is 579. The zero-order valence-corrected chi connectivity index (χ0v) is 11.3. The van der Waals surface area contributed by atoms with Crippen LogP contribution in [0.15, 0.2) is 4.42 Å². The van der Waals surface area contributed by atoms with Crippen LogP contribution in [0.4, 0.5) is 0 Å². The highest BCUT2D eigenvalue weighted by Crippen LogP contribution is 2.41. The van der Waals surface area contributed by atoms with Crippen molar-refractivity contribution < 1.29 is 13.9 Å². The molecule has 1 fully saturated rings. The van der Waals surface area contributed by atoms with Gasteiger partial charge in [0.2, 0.25) is 11.8 Å². The van der Waals surface area contributed by atoms with E-state index in [4.69, 9.17) is 19.7 Å². The molecule has 20 heavy (non-hydrogen) atoms. The minimum Gasteiger partial charge on any atom is -0.465 e. The van der Waals surface area contributed by atoms with Crippen molar-refractivity contribution in [3.8, 4) is 12.1 Å². The largest absolute Gasteiger partial charge is 0.465 e. The fraction of sp³-hybridized carbons (Fsp3) is 0.615. The zero-order chi connectivity index (χ0) is 14.8. The van der Waals surface area contributed by atoms with E-state index in [1.54, 1.807) is 19.1 Å². The Hall–Kier alpha value is -2.41. The Kier molecular flexibility index (Phi) is 3.71. The quantitative estimate of drug-likeness (QED) is 0.746. The highest BCUT2D eigenvalue weighted by Gasteiger charge is 2.50. The summed E-state index contributed by atoms with van der Waals surface area (Å²) >= 11 is 0. The summed E-state index contributed by atoms with van der Waals surface area (Å²) in [7, 11) is 0. The van der Waals surface area contributed by atoms with Crippen molar-refractivity contribution in [3.05, 3.63) is 11.8 Å². The highest BCUT2D eigenvalue weighted by atomic mass is 16.5. The summed E-state index contributed by atoms with van der Waals surface area (Å²) < 4.78 is 10.5. The van der Waals surface area contributed by atoms with Crippen LogP contribution in [-0.2, 0) is 14.9 Å². The molecule has 2 rings (SSSR count). The fourth-order valence-corrected chi connectivity index (χ4v) is 1.84. The molecule has 0 saturated heterocycles. The number of nitrogens with zero attached hydrogens (tertiary/aromatic N) is 4. The Morgan fingerprint density at radius 3 is 2.65 bits per heavy atom. The number of aromatic nitrogens is 2. The Morgan fingerprint density at radius 2 is 2.15 bits per heavy atom. The van der Waals surface area contributed by atoms with Crippen molar-refractivity contribution in [2.24, 2.45) is 5.92 Å². The lowest BCUT2D eigenvalue weighted by Crippen LogP contribution is -2.41. The van der Waals surface area contributed by atoms with Crippen LogP contribution >= 0.6 is 0 Å². The first-order valence-electron chi connectivity index (χ1n) is 6.38. The van der Waals surface area contributed by atoms with E-state index in [2.05, 4.69) is 10.2 Å². The highest BCUT2D eigenvalue weighted by molar-refractivity contribution is 5.83. The minimum atomic E-state index is -1.57. The normalized spacial score (nSPS) is 17.1. The smallest absolute Gasteiger partial charge is 0.323 e. The minimum absolute atomic E-state index is 0.0362. The summed E-state index contributed by atoms with van der Waals surface area (Å²) in [6.07, 6.45) is 1.94. The average Bonchev–Trinajstić information content (AvgIpc) is 3.17. The SMILES string of the molecule is CCOC(=O)C(C)(c1nnc(C2CC2)o1)C(C#N)C#N. The van der Waals surface area contributed by atoms with Crippen LogP contribution in [0.3, 0.4) is 0 Å². The van der Waals surface area contributed by atoms with Gasteiger partial charge in [0.15, 0.2) is 11.3 Å². The van der Waals surface area contributed by atoms with Gasteiger partial charge in [-0.15, -0.1) is 10.2 Å². The molecule has 7 nitrogen and oxygen atoms in total. The molecule has 1 aromatic heterocycles. The molecule has 1 aliphatic carbocycles. The lowest BCUT2D eigenvalue weighted by Gasteiger charge is -2.23. The van der Waals surface area contributed by atoms with Crippen LogP contribution < -0.4 is 0 Å². The summed E-state index contributed by atoms with van der Waals surface area (Å²) in [5.74, 6) is -1.32. The predicted molar refractivity (Wildman–Crippen MR) is 65.0 cm³/mol. The van der Waals surface area contributed by atoms with E-state index in [-0.39, 0.29) is 18.4 Å². The van der Waals surface area contributed by atoms with Gasteiger partial charge in [0.25, 0.3) is 0 Å². The number of hydrogen-bond acceptors (Lipinski definition) is 7. The number of ether oxygens (including phenoxy) is 1. The molecule has 7 heteroatoms. The maximum absolute atomic E-state index is 12.2. The van der Waals surface area contributed by atoms with Crippen LogP contribution in [0.1, 0.15) is 44.4 Å². The van der Waals surface area contributed by atoms with Gasteiger partial charge < -0.3 is 9.15 Å². The number of carbonyl (C=O) groups excluding carboxylic acids is 1. The third kappa shape index (κ3) is 2.23. The van der Waals surface area contributed by atoms with Crippen LogP contribution in [0.2, 0.25) is 0 Å². The summed E-state index contributed by atoms with van der Waals surface area (Å²) in [5.41, 5.74) is -1.57. The van der Waals surface area contributed by atoms with Gasteiger partial charge >= 0.3 is 5.97 Å². The van der Waals surface area contributed by atoms with E-state index >= 15 is 0 Å². The molecule has 1 atom stereocenters. The van der Waals surface area contributed by atoms with Crippen molar-refractivity contribution >= 4 is 5.97 Å². The van der Waals surface area contributed by atoms with Crippen LogP contribution in [0.5, 0.6) is 0 Å². The molecule has 0 bridgehead atoms. The van der Waals surface area contributed by atoms with Gasteiger partial charge in [-0.3, -0.25) is 4.79 Å². The van der Waals surface area contributed by atoms with Gasteiger partial charge in [0.05, 0.1) is 18.7 Å². The number of esters is 1. The molecule has 1 unspecified atom stereocenters. The third-order valence-electron chi connectivity index (χ3n) is 3.35. The first-order valence-corrected chi connectivity index (χ1v) is 6.38. The number of rotatable bonds is 5. The lowest BCUT2D eigenvalue weighted by atomic mass is 9.78. The van der Waals surface area contributed by atoms with E-state index in [0.717, 1.165) is 12.8 Å². The molecule has 0 amide bonds. The van der Waals surface area contributed by atoms with E-state index in [1.165, 1.54) is 6.92 Å². The standard InChI is InChI=1S/C13H14N4O3/c1-3-19-12(18)13(2,9(6-14)7-15)11-17-16-10(20-11)8-4-5-8/h8-9H,3-5H2,1-2H3. The molecule has 0 spiro atoms. The summed E-state index contributed by atoms with van der Waals surface area (Å²) in [5, 5.41) is 25.9. The number of hydrogen-bond donors (Lipinski definition) is 0. The topological polar surface area (TPSA) is 113 Å². The first kappa shape index (κ1) is 14.0. The number of nitriles is 2. The maximum atomic E-state index is 12.2. The molecular weight excluding hydrogens is 260 g/mol. The van der Waals surface area contributed by atoms with E-state index in [0.29, 0.717) is 5.89 Å². The van der Waals surface area contributed by atoms with Crippen molar-refractivity contribution in [1.29, 1.82) is 10.5 Å². The lowest BCUT2D eigenvalue weighted by molar-refractivity contribution is -0.151. The van der Waals surface area contributed by atoms with Gasteiger partial charge in [-0.1, -0.05) is 0 Å². The summed E-state index contributed by atoms with van der Waals surface area (Å²) in [6, 6.07) is 3.59. The Balaban J connectivity index is 2.41.